The third-order valence-electron chi connectivity index (χ3n) is 1.81. The Morgan fingerprint density at radius 1 is 1.50 bits per heavy atom. The van der Waals surface area contributed by atoms with Crippen LogP contribution in [-0.2, 0) is 16.1 Å². The van der Waals surface area contributed by atoms with E-state index in [4.69, 9.17) is 9.15 Å². The van der Waals surface area contributed by atoms with Crippen LogP contribution in [0, 0.1) is 0 Å². The van der Waals surface area contributed by atoms with Crippen LogP contribution in [0.2, 0.25) is 0 Å². The molecular weight excluding hydrogens is 206 g/mol. The van der Waals surface area contributed by atoms with Gasteiger partial charge in [0.15, 0.2) is 0 Å². The second kappa shape index (κ2) is 5.70. The van der Waals surface area contributed by atoms with Crippen molar-refractivity contribution in [2.45, 2.75) is 39.3 Å². The number of hydrogen-bond acceptors (Lipinski definition) is 4. The summed E-state index contributed by atoms with van der Waals surface area (Å²) < 4.78 is 10.3. The minimum atomic E-state index is -0.405. The van der Waals surface area contributed by atoms with Gasteiger partial charge in [-0.1, -0.05) is 0 Å². The van der Waals surface area contributed by atoms with Crippen LogP contribution in [0.3, 0.4) is 0 Å². The van der Waals surface area contributed by atoms with E-state index in [0.29, 0.717) is 19.5 Å². The lowest BCUT2D eigenvalue weighted by molar-refractivity contribution is -0.154. The molecule has 0 saturated heterocycles. The average molecular weight is 225 g/mol. The van der Waals surface area contributed by atoms with Gasteiger partial charge in [-0.3, -0.25) is 4.79 Å². The van der Waals surface area contributed by atoms with E-state index in [1.807, 2.05) is 32.9 Å². The number of carbonyl (C=O) groups excluding carboxylic acids is 1. The van der Waals surface area contributed by atoms with Crippen molar-refractivity contribution in [3.05, 3.63) is 24.2 Å². The molecule has 90 valence electrons. The summed E-state index contributed by atoms with van der Waals surface area (Å²) in [6.45, 7) is 6.81. The zero-order valence-electron chi connectivity index (χ0n) is 10.1. The first kappa shape index (κ1) is 12.8. The number of carbonyl (C=O) groups is 1. The third kappa shape index (κ3) is 5.56. The van der Waals surface area contributed by atoms with Gasteiger partial charge in [-0.15, -0.1) is 0 Å². The zero-order chi connectivity index (χ0) is 12.0. The van der Waals surface area contributed by atoms with E-state index in [9.17, 15) is 4.79 Å². The van der Waals surface area contributed by atoms with Crippen molar-refractivity contribution < 1.29 is 13.9 Å². The Kier molecular flexibility index (Phi) is 4.55. The second-order valence-corrected chi connectivity index (χ2v) is 4.59. The van der Waals surface area contributed by atoms with Crippen molar-refractivity contribution in [2.24, 2.45) is 0 Å². The topological polar surface area (TPSA) is 51.5 Å². The minimum absolute atomic E-state index is 0.181. The molecule has 4 nitrogen and oxygen atoms in total. The molecular formula is C12H19NO3. The molecule has 0 aliphatic heterocycles. The van der Waals surface area contributed by atoms with Gasteiger partial charge in [-0.2, -0.15) is 0 Å². The first-order valence-electron chi connectivity index (χ1n) is 5.42. The van der Waals surface area contributed by atoms with Crippen LogP contribution in [0.5, 0.6) is 0 Å². The normalized spacial score (nSPS) is 11.4. The number of esters is 1. The van der Waals surface area contributed by atoms with E-state index in [1.165, 1.54) is 0 Å². The summed E-state index contributed by atoms with van der Waals surface area (Å²) in [5.74, 6) is 0.684. The highest BCUT2D eigenvalue weighted by Crippen LogP contribution is 2.07. The van der Waals surface area contributed by atoms with Crippen molar-refractivity contribution in [1.29, 1.82) is 0 Å². The lowest BCUT2D eigenvalue weighted by Gasteiger charge is -2.19. The number of furan rings is 1. The van der Waals surface area contributed by atoms with Crippen LogP contribution in [0.1, 0.15) is 33.0 Å². The lowest BCUT2D eigenvalue weighted by Crippen LogP contribution is -2.26. The summed E-state index contributed by atoms with van der Waals surface area (Å²) in [4.78, 5) is 11.3. The zero-order valence-corrected chi connectivity index (χ0v) is 10.1. The maximum Gasteiger partial charge on any atom is 0.307 e. The molecule has 1 heterocycles. The van der Waals surface area contributed by atoms with Crippen LogP contribution >= 0.6 is 0 Å². The van der Waals surface area contributed by atoms with Gasteiger partial charge in [-0.05, 0) is 32.9 Å². The molecule has 0 unspecified atom stereocenters. The summed E-state index contributed by atoms with van der Waals surface area (Å²) in [6, 6.07) is 3.73. The number of hydrogen-bond donors (Lipinski definition) is 1. The van der Waals surface area contributed by atoms with Crippen LogP contribution in [-0.4, -0.2) is 18.1 Å². The maximum atomic E-state index is 11.3. The predicted octanol–water partition coefficient (Wildman–Crippen LogP) is 2.10. The van der Waals surface area contributed by atoms with Gasteiger partial charge in [0.1, 0.15) is 11.4 Å². The predicted molar refractivity (Wildman–Crippen MR) is 60.9 cm³/mol. The maximum absolute atomic E-state index is 11.3. The Bertz CT molecular complexity index is 312. The van der Waals surface area contributed by atoms with Crippen molar-refractivity contribution in [3.8, 4) is 0 Å². The molecule has 16 heavy (non-hydrogen) atoms. The fourth-order valence-corrected chi connectivity index (χ4v) is 1.21. The molecule has 1 aromatic rings. The van der Waals surface area contributed by atoms with E-state index in [-0.39, 0.29) is 5.97 Å². The largest absolute Gasteiger partial charge is 0.468 e. The van der Waals surface area contributed by atoms with E-state index in [0.717, 1.165) is 5.76 Å². The average Bonchev–Trinajstić information content (AvgIpc) is 2.62. The quantitative estimate of drug-likeness (QED) is 0.616. The highest BCUT2D eigenvalue weighted by Gasteiger charge is 2.15. The smallest absolute Gasteiger partial charge is 0.307 e. The van der Waals surface area contributed by atoms with Crippen molar-refractivity contribution in [1.82, 2.24) is 5.32 Å². The van der Waals surface area contributed by atoms with Gasteiger partial charge in [-0.25, -0.2) is 0 Å². The molecule has 0 bridgehead atoms. The van der Waals surface area contributed by atoms with Gasteiger partial charge in [0, 0.05) is 6.54 Å². The van der Waals surface area contributed by atoms with Gasteiger partial charge in [0.2, 0.25) is 0 Å². The Morgan fingerprint density at radius 3 is 2.81 bits per heavy atom. The SMILES string of the molecule is CC(C)(C)OC(=O)CCNCc1ccco1. The van der Waals surface area contributed by atoms with Crippen LogP contribution in [0.15, 0.2) is 22.8 Å². The molecule has 4 heteroatoms. The van der Waals surface area contributed by atoms with E-state index in [2.05, 4.69) is 5.32 Å². The van der Waals surface area contributed by atoms with E-state index >= 15 is 0 Å². The van der Waals surface area contributed by atoms with Crippen molar-refractivity contribution in [2.75, 3.05) is 6.54 Å². The summed E-state index contributed by atoms with van der Waals surface area (Å²) in [7, 11) is 0. The Balaban J connectivity index is 2.09. The molecule has 0 saturated carbocycles. The number of nitrogens with one attached hydrogen (secondary N) is 1. The van der Waals surface area contributed by atoms with Gasteiger partial charge in [0.25, 0.3) is 0 Å². The fraction of sp³-hybridized carbons (Fsp3) is 0.583. The molecule has 1 N–H and O–H groups in total. The molecule has 0 radical (unpaired) electrons. The summed E-state index contributed by atoms with van der Waals surface area (Å²) in [5.41, 5.74) is -0.405. The molecule has 0 aliphatic carbocycles. The minimum Gasteiger partial charge on any atom is -0.468 e. The molecule has 0 aliphatic rings. The Morgan fingerprint density at radius 2 is 2.25 bits per heavy atom. The monoisotopic (exact) mass is 225 g/mol. The molecule has 0 amide bonds. The fourth-order valence-electron chi connectivity index (χ4n) is 1.21. The number of ether oxygens (including phenoxy) is 1. The van der Waals surface area contributed by atoms with E-state index < -0.39 is 5.60 Å². The molecule has 0 aromatic carbocycles. The first-order chi connectivity index (χ1) is 7.47. The van der Waals surface area contributed by atoms with Gasteiger partial charge < -0.3 is 14.5 Å². The summed E-state index contributed by atoms with van der Waals surface area (Å²) in [5, 5.41) is 3.11. The van der Waals surface area contributed by atoms with E-state index in [1.54, 1.807) is 6.26 Å². The lowest BCUT2D eigenvalue weighted by atomic mass is 10.2. The van der Waals surface area contributed by atoms with Crippen LogP contribution < -0.4 is 5.32 Å². The molecule has 0 spiro atoms. The molecule has 0 atom stereocenters. The molecule has 0 fully saturated rings. The molecule has 1 aromatic heterocycles. The number of rotatable bonds is 5. The summed E-state index contributed by atoms with van der Waals surface area (Å²) >= 11 is 0. The Labute approximate surface area is 96.0 Å². The highest BCUT2D eigenvalue weighted by atomic mass is 16.6. The Hall–Kier alpha value is -1.29. The van der Waals surface area contributed by atoms with Crippen LogP contribution in [0.4, 0.5) is 0 Å². The van der Waals surface area contributed by atoms with Gasteiger partial charge in [0.05, 0.1) is 19.2 Å². The first-order valence-corrected chi connectivity index (χ1v) is 5.42. The standard InChI is InChI=1S/C12H19NO3/c1-12(2,3)16-11(14)6-7-13-9-10-5-4-8-15-10/h4-5,8,13H,6-7,9H2,1-3H3. The van der Waals surface area contributed by atoms with Gasteiger partial charge >= 0.3 is 5.97 Å². The van der Waals surface area contributed by atoms with Crippen molar-refractivity contribution >= 4 is 5.97 Å². The highest BCUT2D eigenvalue weighted by molar-refractivity contribution is 5.70. The third-order valence-corrected chi connectivity index (χ3v) is 1.81. The second-order valence-electron chi connectivity index (χ2n) is 4.59. The summed E-state index contributed by atoms with van der Waals surface area (Å²) in [6.07, 6.45) is 2.00. The molecule has 1 rings (SSSR count). The van der Waals surface area contributed by atoms with Crippen molar-refractivity contribution in [3.63, 3.8) is 0 Å². The van der Waals surface area contributed by atoms with Crippen LogP contribution in [0.25, 0.3) is 0 Å².